The summed E-state index contributed by atoms with van der Waals surface area (Å²) in [6.07, 6.45) is -2.08. The van der Waals surface area contributed by atoms with Gasteiger partial charge in [0.1, 0.15) is 18.3 Å². The van der Waals surface area contributed by atoms with E-state index in [0.717, 1.165) is 0 Å². The van der Waals surface area contributed by atoms with E-state index in [4.69, 9.17) is 5.11 Å². The number of rotatable bonds is 2. The molecule has 0 spiro atoms. The molecule has 0 bridgehead atoms. The number of nitrogens with one attached hydrogen (secondary N) is 1. The molecule has 0 saturated carbocycles. The number of methoxy groups -OCH3 is 1. The predicted molar refractivity (Wildman–Crippen MR) is 35.1 cm³/mol. The number of aliphatic carboxylic acids is 1. The van der Waals surface area contributed by atoms with Crippen LogP contribution in [0.25, 0.3) is 0 Å². The molecule has 4 nitrogen and oxygen atoms in total. The minimum Gasteiger partial charge on any atom is -0.480 e. The second-order valence-electron chi connectivity index (χ2n) is 2.44. The lowest BCUT2D eigenvalue weighted by atomic mass is 10.1. The van der Waals surface area contributed by atoms with Crippen LogP contribution in [0, 0.1) is 0 Å². The van der Waals surface area contributed by atoms with Crippen LogP contribution in [0.15, 0.2) is 0 Å². The molecule has 11 heavy (non-hydrogen) atoms. The molecule has 0 radical (unpaired) electrons. The monoisotopic (exact) mass is 163 g/mol. The third-order valence-corrected chi connectivity index (χ3v) is 1.76. The molecule has 0 aromatic heterocycles. The molecule has 1 heterocycles. The molecule has 1 saturated heterocycles. The number of alkyl halides is 1. The minimum absolute atomic E-state index is 0.0511. The molecular formula is C6H10FNO3. The molecule has 1 aliphatic heterocycles. The zero-order valence-electron chi connectivity index (χ0n) is 6.08. The Kier molecular flexibility index (Phi) is 2.41. The van der Waals surface area contributed by atoms with Gasteiger partial charge in [-0.3, -0.25) is 10.1 Å². The molecule has 0 amide bonds. The number of carbonyl (C=O) groups is 1. The lowest BCUT2D eigenvalue weighted by Gasteiger charge is -2.14. The summed E-state index contributed by atoms with van der Waals surface area (Å²) in [5.74, 6) is -1.07. The Morgan fingerprint density at radius 2 is 2.45 bits per heavy atom. The van der Waals surface area contributed by atoms with Crippen molar-refractivity contribution in [3.63, 3.8) is 0 Å². The van der Waals surface area contributed by atoms with Gasteiger partial charge in [-0.05, 0) is 0 Å². The van der Waals surface area contributed by atoms with E-state index in [1.54, 1.807) is 0 Å². The van der Waals surface area contributed by atoms with Crippen LogP contribution in [0.1, 0.15) is 0 Å². The second kappa shape index (κ2) is 3.15. The first-order valence-electron chi connectivity index (χ1n) is 3.30. The van der Waals surface area contributed by atoms with Gasteiger partial charge in [-0.2, -0.15) is 0 Å². The Hall–Kier alpha value is -0.680. The lowest BCUT2D eigenvalue weighted by Crippen LogP contribution is -2.40. The molecule has 1 rings (SSSR count). The molecule has 3 atom stereocenters. The maximum absolute atomic E-state index is 12.7. The Labute approximate surface area is 63.3 Å². The molecule has 1 fully saturated rings. The lowest BCUT2D eigenvalue weighted by molar-refractivity contribution is -0.142. The average molecular weight is 163 g/mol. The molecule has 5 heteroatoms. The Morgan fingerprint density at radius 3 is 2.82 bits per heavy atom. The van der Waals surface area contributed by atoms with Crippen molar-refractivity contribution >= 4 is 5.97 Å². The summed E-state index contributed by atoms with van der Waals surface area (Å²) < 4.78 is 17.4. The quantitative estimate of drug-likeness (QED) is 0.570. The summed E-state index contributed by atoms with van der Waals surface area (Å²) in [5, 5.41) is 11.0. The molecule has 0 unspecified atom stereocenters. The first-order valence-corrected chi connectivity index (χ1v) is 3.30. The van der Waals surface area contributed by atoms with Crippen molar-refractivity contribution in [1.29, 1.82) is 0 Å². The zero-order chi connectivity index (χ0) is 8.43. The van der Waals surface area contributed by atoms with Crippen molar-refractivity contribution in [2.45, 2.75) is 18.3 Å². The number of carboxylic acid groups (broad SMARTS) is 1. The van der Waals surface area contributed by atoms with Crippen LogP contribution in [0.2, 0.25) is 0 Å². The fraction of sp³-hybridized carbons (Fsp3) is 0.833. The van der Waals surface area contributed by atoms with Gasteiger partial charge in [-0.15, -0.1) is 0 Å². The first-order chi connectivity index (χ1) is 5.16. The van der Waals surface area contributed by atoms with E-state index in [1.165, 1.54) is 7.11 Å². The number of carboxylic acids is 1. The van der Waals surface area contributed by atoms with Crippen LogP contribution >= 0.6 is 0 Å². The molecule has 0 aromatic rings. The second-order valence-corrected chi connectivity index (χ2v) is 2.44. The van der Waals surface area contributed by atoms with E-state index in [1.807, 2.05) is 0 Å². The molecule has 64 valence electrons. The zero-order valence-corrected chi connectivity index (χ0v) is 6.08. The smallest absolute Gasteiger partial charge is 0.323 e. The van der Waals surface area contributed by atoms with Gasteiger partial charge in [0.2, 0.25) is 0 Å². The van der Waals surface area contributed by atoms with E-state index in [0.29, 0.717) is 0 Å². The molecule has 2 N–H and O–H groups in total. The van der Waals surface area contributed by atoms with Gasteiger partial charge in [0.15, 0.2) is 0 Å². The minimum atomic E-state index is -1.22. The summed E-state index contributed by atoms with van der Waals surface area (Å²) >= 11 is 0. The number of hydrogen-bond acceptors (Lipinski definition) is 3. The van der Waals surface area contributed by atoms with Gasteiger partial charge >= 0.3 is 5.97 Å². The Balaban J connectivity index is 2.61. The van der Waals surface area contributed by atoms with Gasteiger partial charge in [0, 0.05) is 13.7 Å². The summed E-state index contributed by atoms with van der Waals surface area (Å²) in [7, 11) is 1.31. The van der Waals surface area contributed by atoms with Crippen molar-refractivity contribution in [2.75, 3.05) is 13.7 Å². The van der Waals surface area contributed by atoms with Crippen LogP contribution in [0.5, 0.6) is 0 Å². The first kappa shape index (κ1) is 8.42. The van der Waals surface area contributed by atoms with Gasteiger partial charge in [0.05, 0.1) is 0 Å². The maximum Gasteiger partial charge on any atom is 0.323 e. The molecule has 0 aromatic carbocycles. The van der Waals surface area contributed by atoms with Gasteiger partial charge in [-0.1, -0.05) is 0 Å². The van der Waals surface area contributed by atoms with Crippen molar-refractivity contribution in [2.24, 2.45) is 0 Å². The van der Waals surface area contributed by atoms with Crippen LogP contribution in [-0.4, -0.2) is 43.0 Å². The number of hydrogen-bond donors (Lipinski definition) is 2. The third kappa shape index (κ3) is 1.49. The Bertz CT molecular complexity index is 164. The van der Waals surface area contributed by atoms with Crippen molar-refractivity contribution in [3.05, 3.63) is 0 Å². The highest BCUT2D eigenvalue weighted by Crippen LogP contribution is 2.14. The van der Waals surface area contributed by atoms with E-state index < -0.39 is 24.3 Å². The molecular weight excluding hydrogens is 153 g/mol. The summed E-state index contributed by atoms with van der Waals surface area (Å²) in [5.41, 5.74) is 0. The third-order valence-electron chi connectivity index (χ3n) is 1.76. The molecule has 0 aliphatic carbocycles. The highest BCUT2D eigenvalue weighted by molar-refractivity contribution is 5.75. The highest BCUT2D eigenvalue weighted by Gasteiger charge is 2.40. The van der Waals surface area contributed by atoms with E-state index in [-0.39, 0.29) is 6.54 Å². The van der Waals surface area contributed by atoms with Crippen molar-refractivity contribution in [3.8, 4) is 0 Å². The van der Waals surface area contributed by atoms with Gasteiger partial charge in [-0.25, -0.2) is 4.39 Å². The van der Waals surface area contributed by atoms with E-state index >= 15 is 0 Å². The number of ether oxygens (including phenoxy) is 1. The van der Waals surface area contributed by atoms with Crippen LogP contribution in [-0.2, 0) is 9.53 Å². The normalized spacial score (nSPS) is 37.5. The van der Waals surface area contributed by atoms with Crippen LogP contribution in [0.4, 0.5) is 4.39 Å². The van der Waals surface area contributed by atoms with Gasteiger partial charge < -0.3 is 9.84 Å². The van der Waals surface area contributed by atoms with Crippen molar-refractivity contribution in [1.82, 2.24) is 5.32 Å². The topological polar surface area (TPSA) is 58.6 Å². The average Bonchev–Trinajstić information content (AvgIpc) is 2.30. The maximum atomic E-state index is 12.7. The van der Waals surface area contributed by atoms with E-state index in [9.17, 15) is 9.18 Å². The van der Waals surface area contributed by atoms with Crippen LogP contribution < -0.4 is 5.32 Å². The SMILES string of the molecule is CO[C@@H]1[C@@H](F)CN[C@H]1C(=O)O. The fourth-order valence-electron chi connectivity index (χ4n) is 1.19. The highest BCUT2D eigenvalue weighted by atomic mass is 19.1. The van der Waals surface area contributed by atoms with Crippen LogP contribution in [0.3, 0.4) is 0 Å². The summed E-state index contributed by atoms with van der Waals surface area (Å²) in [6.45, 7) is 0.0511. The standard InChI is InChI=1S/C6H10FNO3/c1-11-5-3(7)2-8-4(5)6(9)10/h3-5,8H,2H2,1H3,(H,9,10)/t3-,4+,5+/m0/s1. The predicted octanol–water partition coefficient (Wildman–Crippen LogP) is -0.604. The van der Waals surface area contributed by atoms with Gasteiger partial charge in [0.25, 0.3) is 0 Å². The summed E-state index contributed by atoms with van der Waals surface area (Å²) in [4.78, 5) is 10.4. The number of halogens is 1. The fourth-order valence-corrected chi connectivity index (χ4v) is 1.19. The van der Waals surface area contributed by atoms with Crippen molar-refractivity contribution < 1.29 is 19.0 Å². The molecule has 1 aliphatic rings. The largest absolute Gasteiger partial charge is 0.480 e. The van der Waals surface area contributed by atoms with E-state index in [2.05, 4.69) is 10.1 Å². The summed E-state index contributed by atoms with van der Waals surface area (Å²) in [6, 6.07) is -0.907. The Morgan fingerprint density at radius 1 is 1.82 bits per heavy atom.